The maximum absolute atomic E-state index is 10.7. The SMILES string of the molecule is C=C(CC1(C(=O)O)CC1)NC. The Morgan fingerprint density at radius 2 is 2.27 bits per heavy atom. The second-order valence-corrected chi connectivity index (χ2v) is 3.12. The van der Waals surface area contributed by atoms with Crippen LogP contribution in [0.5, 0.6) is 0 Å². The summed E-state index contributed by atoms with van der Waals surface area (Å²) < 4.78 is 0. The highest BCUT2D eigenvalue weighted by Crippen LogP contribution is 2.50. The molecule has 3 nitrogen and oxygen atoms in total. The Balaban J connectivity index is 2.48. The Hall–Kier alpha value is -0.990. The normalized spacial score (nSPS) is 19.0. The van der Waals surface area contributed by atoms with Crippen molar-refractivity contribution < 1.29 is 9.90 Å². The van der Waals surface area contributed by atoms with Gasteiger partial charge in [-0.3, -0.25) is 4.79 Å². The van der Waals surface area contributed by atoms with Crippen LogP contribution in [0, 0.1) is 5.41 Å². The average molecular weight is 155 g/mol. The fourth-order valence-corrected chi connectivity index (χ4v) is 1.11. The Labute approximate surface area is 66.1 Å². The lowest BCUT2D eigenvalue weighted by Gasteiger charge is -2.10. The summed E-state index contributed by atoms with van der Waals surface area (Å²) in [5.41, 5.74) is 0.338. The van der Waals surface area contributed by atoms with Crippen molar-refractivity contribution in [2.45, 2.75) is 19.3 Å². The fourth-order valence-electron chi connectivity index (χ4n) is 1.11. The first-order valence-electron chi connectivity index (χ1n) is 3.70. The van der Waals surface area contributed by atoms with Crippen molar-refractivity contribution >= 4 is 5.97 Å². The van der Waals surface area contributed by atoms with Crippen molar-refractivity contribution in [3.63, 3.8) is 0 Å². The monoisotopic (exact) mass is 155 g/mol. The fraction of sp³-hybridized carbons (Fsp3) is 0.625. The lowest BCUT2D eigenvalue weighted by atomic mass is 10.0. The Morgan fingerprint density at radius 3 is 2.55 bits per heavy atom. The maximum Gasteiger partial charge on any atom is 0.310 e. The minimum atomic E-state index is -0.686. The molecule has 0 aromatic rings. The minimum absolute atomic E-state index is 0.472. The van der Waals surface area contributed by atoms with Gasteiger partial charge in [-0.25, -0.2) is 0 Å². The number of rotatable bonds is 4. The van der Waals surface area contributed by atoms with Gasteiger partial charge >= 0.3 is 5.97 Å². The van der Waals surface area contributed by atoms with E-state index in [1.165, 1.54) is 0 Å². The summed E-state index contributed by atoms with van der Waals surface area (Å²) in [5, 5.41) is 11.6. The molecule has 1 aliphatic rings. The second-order valence-electron chi connectivity index (χ2n) is 3.12. The molecular weight excluding hydrogens is 142 g/mol. The molecule has 2 N–H and O–H groups in total. The number of carboxylic acids is 1. The molecule has 3 heteroatoms. The van der Waals surface area contributed by atoms with Crippen LogP contribution in [0.2, 0.25) is 0 Å². The average Bonchev–Trinajstić information content (AvgIpc) is 2.69. The van der Waals surface area contributed by atoms with Crippen molar-refractivity contribution in [3.8, 4) is 0 Å². The number of carboxylic acid groups (broad SMARTS) is 1. The molecule has 0 radical (unpaired) electrons. The van der Waals surface area contributed by atoms with Crippen molar-refractivity contribution in [3.05, 3.63) is 12.3 Å². The maximum atomic E-state index is 10.7. The van der Waals surface area contributed by atoms with Gasteiger partial charge in [0.1, 0.15) is 0 Å². The van der Waals surface area contributed by atoms with Gasteiger partial charge in [0.25, 0.3) is 0 Å². The molecule has 0 atom stereocenters. The highest BCUT2D eigenvalue weighted by atomic mass is 16.4. The van der Waals surface area contributed by atoms with Gasteiger partial charge in [0.15, 0.2) is 0 Å². The third-order valence-corrected chi connectivity index (χ3v) is 2.21. The zero-order chi connectivity index (χ0) is 8.48. The summed E-state index contributed by atoms with van der Waals surface area (Å²) in [5.74, 6) is -0.686. The van der Waals surface area contributed by atoms with Crippen LogP contribution in [0.25, 0.3) is 0 Å². The van der Waals surface area contributed by atoms with Crippen LogP contribution in [0.4, 0.5) is 0 Å². The van der Waals surface area contributed by atoms with E-state index >= 15 is 0 Å². The molecule has 0 aromatic carbocycles. The summed E-state index contributed by atoms with van der Waals surface area (Å²) in [7, 11) is 1.76. The van der Waals surface area contributed by atoms with Crippen molar-refractivity contribution in [2.75, 3.05) is 7.05 Å². The van der Waals surface area contributed by atoms with E-state index in [1.807, 2.05) is 0 Å². The number of hydrogen-bond donors (Lipinski definition) is 2. The van der Waals surface area contributed by atoms with Crippen molar-refractivity contribution in [1.82, 2.24) is 5.32 Å². The molecule has 0 heterocycles. The zero-order valence-corrected chi connectivity index (χ0v) is 6.68. The molecule has 11 heavy (non-hydrogen) atoms. The number of hydrogen-bond acceptors (Lipinski definition) is 2. The van der Waals surface area contributed by atoms with E-state index in [0.717, 1.165) is 18.5 Å². The standard InChI is InChI=1S/C8H13NO2/c1-6(9-2)5-8(3-4-8)7(10)11/h9H,1,3-5H2,2H3,(H,10,11). The molecule has 0 unspecified atom stereocenters. The molecular formula is C8H13NO2. The quantitative estimate of drug-likeness (QED) is 0.636. The van der Waals surface area contributed by atoms with Gasteiger partial charge in [-0.1, -0.05) is 6.58 Å². The largest absolute Gasteiger partial charge is 0.481 e. The van der Waals surface area contributed by atoms with Crippen LogP contribution in [0.3, 0.4) is 0 Å². The topological polar surface area (TPSA) is 49.3 Å². The highest BCUT2D eigenvalue weighted by molar-refractivity contribution is 5.78. The predicted molar refractivity (Wildman–Crippen MR) is 42.1 cm³/mol. The van der Waals surface area contributed by atoms with Crippen LogP contribution in [0.1, 0.15) is 19.3 Å². The lowest BCUT2D eigenvalue weighted by molar-refractivity contribution is -0.143. The number of nitrogens with one attached hydrogen (secondary N) is 1. The molecule has 1 fully saturated rings. The summed E-state index contributed by atoms with van der Waals surface area (Å²) in [4.78, 5) is 10.7. The smallest absolute Gasteiger partial charge is 0.310 e. The first kappa shape index (κ1) is 8.11. The lowest BCUT2D eigenvalue weighted by Crippen LogP contribution is -2.18. The number of carbonyl (C=O) groups is 1. The van der Waals surface area contributed by atoms with E-state index < -0.39 is 11.4 Å². The minimum Gasteiger partial charge on any atom is -0.481 e. The van der Waals surface area contributed by atoms with Gasteiger partial charge in [0.2, 0.25) is 0 Å². The molecule has 1 saturated carbocycles. The van der Waals surface area contributed by atoms with Crippen molar-refractivity contribution in [1.29, 1.82) is 0 Å². The first-order valence-corrected chi connectivity index (χ1v) is 3.70. The van der Waals surface area contributed by atoms with Crippen LogP contribution < -0.4 is 5.32 Å². The molecule has 62 valence electrons. The third kappa shape index (κ3) is 1.53. The summed E-state index contributed by atoms with van der Waals surface area (Å²) >= 11 is 0. The highest BCUT2D eigenvalue weighted by Gasteiger charge is 2.50. The second kappa shape index (κ2) is 2.57. The molecule has 1 rings (SSSR count). The van der Waals surface area contributed by atoms with Gasteiger partial charge in [-0.05, 0) is 12.8 Å². The first-order chi connectivity index (χ1) is 5.10. The van der Waals surface area contributed by atoms with Gasteiger partial charge in [0, 0.05) is 19.2 Å². The zero-order valence-electron chi connectivity index (χ0n) is 6.68. The van der Waals surface area contributed by atoms with Gasteiger partial charge in [0.05, 0.1) is 5.41 Å². The molecule has 0 saturated heterocycles. The molecule has 0 amide bonds. The Bertz CT molecular complexity index is 194. The number of allylic oxidation sites excluding steroid dienone is 1. The van der Waals surface area contributed by atoms with E-state index in [0.29, 0.717) is 6.42 Å². The Morgan fingerprint density at radius 1 is 1.73 bits per heavy atom. The van der Waals surface area contributed by atoms with E-state index in [9.17, 15) is 4.79 Å². The van der Waals surface area contributed by atoms with Gasteiger partial charge in [-0.15, -0.1) is 0 Å². The van der Waals surface area contributed by atoms with Gasteiger partial charge in [-0.2, -0.15) is 0 Å². The van der Waals surface area contributed by atoms with E-state index in [1.54, 1.807) is 7.05 Å². The molecule has 0 aliphatic heterocycles. The van der Waals surface area contributed by atoms with Gasteiger partial charge < -0.3 is 10.4 Å². The van der Waals surface area contributed by atoms with Crippen LogP contribution in [0.15, 0.2) is 12.3 Å². The summed E-state index contributed by atoms with van der Waals surface area (Å²) in [6, 6.07) is 0. The molecule has 0 aromatic heterocycles. The predicted octanol–water partition coefficient (Wildman–Crippen LogP) is 0.974. The number of aliphatic carboxylic acids is 1. The van der Waals surface area contributed by atoms with E-state index in [4.69, 9.17) is 5.11 Å². The van der Waals surface area contributed by atoms with Crippen molar-refractivity contribution in [2.24, 2.45) is 5.41 Å². The summed E-state index contributed by atoms with van der Waals surface area (Å²) in [6.07, 6.45) is 2.16. The third-order valence-electron chi connectivity index (χ3n) is 2.21. The van der Waals surface area contributed by atoms with E-state index in [-0.39, 0.29) is 0 Å². The molecule has 1 aliphatic carbocycles. The molecule has 0 bridgehead atoms. The van der Waals surface area contributed by atoms with Crippen LogP contribution in [-0.4, -0.2) is 18.1 Å². The summed E-state index contributed by atoms with van der Waals surface area (Å²) in [6.45, 7) is 3.71. The Kier molecular flexibility index (Phi) is 1.89. The molecule has 0 spiro atoms. The van der Waals surface area contributed by atoms with Crippen LogP contribution in [-0.2, 0) is 4.79 Å². The van der Waals surface area contributed by atoms with Crippen LogP contribution >= 0.6 is 0 Å². The van der Waals surface area contributed by atoms with E-state index in [2.05, 4.69) is 11.9 Å².